The summed E-state index contributed by atoms with van der Waals surface area (Å²) in [5, 5.41) is 18.6. The first kappa shape index (κ1) is 18.6. The van der Waals surface area contributed by atoms with Crippen molar-refractivity contribution in [1.29, 1.82) is 0 Å². The number of hydrogen-bond donors (Lipinski definition) is 3. The van der Waals surface area contributed by atoms with E-state index < -0.39 is 0 Å². The molecule has 1 atom stereocenters. The number of ether oxygens (including phenoxy) is 1. The molecule has 1 fully saturated rings. The number of nitrogens with one attached hydrogen (secondary N) is 2. The number of pyridine rings is 1. The molecule has 3 aromatic heterocycles. The van der Waals surface area contributed by atoms with Gasteiger partial charge in [-0.3, -0.25) is 4.68 Å². The lowest BCUT2D eigenvalue weighted by atomic mass is 10.1. The van der Waals surface area contributed by atoms with Crippen molar-refractivity contribution in [3.05, 3.63) is 59.4 Å². The van der Waals surface area contributed by atoms with E-state index in [4.69, 9.17) is 10.5 Å². The molecule has 30 heavy (non-hydrogen) atoms. The Morgan fingerprint density at radius 1 is 1.23 bits per heavy atom. The van der Waals surface area contributed by atoms with Gasteiger partial charge in [-0.05, 0) is 47.9 Å². The number of aromatic nitrogens is 6. The molecule has 0 amide bonds. The SMILES string of the molecule is Nc1cc(Cc2cnn(Cc3cccc(OC[C@@H]4CCNC4)c3)c2)c2nn[nH]c2n1. The number of nitrogen functional groups attached to an aromatic ring is 1. The van der Waals surface area contributed by atoms with E-state index in [0.29, 0.717) is 30.3 Å². The Hall–Kier alpha value is -3.46. The van der Waals surface area contributed by atoms with Crippen molar-refractivity contribution in [3.63, 3.8) is 0 Å². The van der Waals surface area contributed by atoms with Gasteiger partial charge in [0, 0.05) is 25.1 Å². The Labute approximate surface area is 173 Å². The van der Waals surface area contributed by atoms with Crippen LogP contribution in [0.4, 0.5) is 5.82 Å². The molecule has 5 rings (SSSR count). The third-order valence-electron chi connectivity index (χ3n) is 5.37. The fraction of sp³-hybridized carbons (Fsp3) is 0.333. The van der Waals surface area contributed by atoms with Gasteiger partial charge >= 0.3 is 0 Å². The monoisotopic (exact) mass is 404 g/mol. The Morgan fingerprint density at radius 2 is 2.20 bits per heavy atom. The summed E-state index contributed by atoms with van der Waals surface area (Å²) in [7, 11) is 0. The van der Waals surface area contributed by atoms with Gasteiger partial charge in [-0.2, -0.15) is 5.10 Å². The molecule has 0 spiro atoms. The zero-order valence-electron chi connectivity index (χ0n) is 16.6. The number of rotatable bonds is 7. The maximum absolute atomic E-state index is 5.99. The lowest BCUT2D eigenvalue weighted by Crippen LogP contribution is -2.15. The van der Waals surface area contributed by atoms with E-state index in [1.807, 2.05) is 35.3 Å². The van der Waals surface area contributed by atoms with E-state index in [9.17, 15) is 0 Å². The highest BCUT2D eigenvalue weighted by molar-refractivity contribution is 5.76. The summed E-state index contributed by atoms with van der Waals surface area (Å²) >= 11 is 0. The fourth-order valence-corrected chi connectivity index (χ4v) is 3.86. The molecular weight excluding hydrogens is 380 g/mol. The Kier molecular flexibility index (Phi) is 5.02. The van der Waals surface area contributed by atoms with Crippen LogP contribution in [0.2, 0.25) is 0 Å². The third-order valence-corrected chi connectivity index (χ3v) is 5.37. The van der Waals surface area contributed by atoms with E-state index in [2.05, 4.69) is 42.9 Å². The molecule has 1 aromatic carbocycles. The largest absolute Gasteiger partial charge is 0.493 e. The van der Waals surface area contributed by atoms with Crippen LogP contribution in [0.1, 0.15) is 23.1 Å². The molecule has 0 bridgehead atoms. The quantitative estimate of drug-likeness (QED) is 0.429. The zero-order chi connectivity index (χ0) is 20.3. The zero-order valence-corrected chi connectivity index (χ0v) is 16.6. The van der Waals surface area contributed by atoms with Crippen LogP contribution in [-0.4, -0.2) is 49.9 Å². The summed E-state index contributed by atoms with van der Waals surface area (Å²) in [6, 6.07) is 10.1. The topological polar surface area (TPSA) is 120 Å². The van der Waals surface area contributed by atoms with Crippen molar-refractivity contribution < 1.29 is 4.74 Å². The molecule has 0 radical (unpaired) electrons. The van der Waals surface area contributed by atoms with E-state index in [1.165, 1.54) is 6.42 Å². The average Bonchev–Trinajstić information content (AvgIpc) is 3.49. The van der Waals surface area contributed by atoms with Crippen molar-refractivity contribution >= 4 is 17.0 Å². The number of H-pyrrole nitrogens is 1. The highest BCUT2D eigenvalue weighted by Crippen LogP contribution is 2.20. The Bertz CT molecular complexity index is 1140. The first-order chi connectivity index (χ1) is 14.7. The van der Waals surface area contributed by atoms with Crippen LogP contribution in [0.25, 0.3) is 11.2 Å². The van der Waals surface area contributed by atoms with Crippen molar-refractivity contribution in [2.24, 2.45) is 5.92 Å². The number of nitrogens with zero attached hydrogens (tertiary/aromatic N) is 5. The predicted molar refractivity (Wildman–Crippen MR) is 113 cm³/mol. The maximum Gasteiger partial charge on any atom is 0.178 e. The maximum atomic E-state index is 5.99. The summed E-state index contributed by atoms with van der Waals surface area (Å²) in [5.74, 6) is 1.95. The second kappa shape index (κ2) is 8.11. The average molecular weight is 404 g/mol. The molecule has 4 aromatic rings. The summed E-state index contributed by atoms with van der Waals surface area (Å²) in [4.78, 5) is 4.21. The number of fused-ring (bicyclic) bond motifs is 1. The van der Waals surface area contributed by atoms with Gasteiger partial charge in [-0.1, -0.05) is 17.3 Å². The van der Waals surface area contributed by atoms with Gasteiger partial charge in [0.05, 0.1) is 19.3 Å². The molecule has 1 saturated heterocycles. The summed E-state index contributed by atoms with van der Waals surface area (Å²) < 4.78 is 7.92. The number of nitrogens with two attached hydrogens (primary N) is 1. The van der Waals surface area contributed by atoms with Crippen LogP contribution < -0.4 is 15.8 Å². The summed E-state index contributed by atoms with van der Waals surface area (Å²) in [6.45, 7) is 3.57. The second-order valence-corrected chi connectivity index (χ2v) is 7.76. The number of aromatic amines is 1. The van der Waals surface area contributed by atoms with E-state index in [1.54, 1.807) is 0 Å². The summed E-state index contributed by atoms with van der Waals surface area (Å²) in [5.41, 5.74) is 10.4. The van der Waals surface area contributed by atoms with E-state index in [0.717, 1.165) is 47.7 Å². The molecule has 1 aliphatic rings. The van der Waals surface area contributed by atoms with Gasteiger partial charge in [0.25, 0.3) is 0 Å². The highest BCUT2D eigenvalue weighted by Gasteiger charge is 2.15. The predicted octanol–water partition coefficient (Wildman–Crippen LogP) is 1.76. The molecule has 1 aliphatic heterocycles. The Balaban J connectivity index is 1.25. The first-order valence-electron chi connectivity index (χ1n) is 10.1. The minimum atomic E-state index is 0.446. The smallest absolute Gasteiger partial charge is 0.178 e. The van der Waals surface area contributed by atoms with Gasteiger partial charge in [-0.25, -0.2) is 10.1 Å². The Morgan fingerprint density at radius 3 is 3.10 bits per heavy atom. The molecule has 154 valence electrons. The third kappa shape index (κ3) is 4.11. The van der Waals surface area contributed by atoms with Crippen molar-refractivity contribution in [1.82, 2.24) is 35.5 Å². The minimum absolute atomic E-state index is 0.446. The van der Waals surface area contributed by atoms with Gasteiger partial charge in [0.1, 0.15) is 17.1 Å². The van der Waals surface area contributed by atoms with Crippen molar-refractivity contribution in [3.8, 4) is 5.75 Å². The number of anilines is 1. The molecule has 4 heterocycles. The van der Waals surface area contributed by atoms with Crippen LogP contribution in [0.5, 0.6) is 5.75 Å². The van der Waals surface area contributed by atoms with Crippen LogP contribution >= 0.6 is 0 Å². The highest BCUT2D eigenvalue weighted by atomic mass is 16.5. The lowest BCUT2D eigenvalue weighted by molar-refractivity contribution is 0.260. The fourth-order valence-electron chi connectivity index (χ4n) is 3.86. The van der Waals surface area contributed by atoms with Crippen LogP contribution in [0, 0.1) is 5.92 Å². The molecule has 9 nitrogen and oxygen atoms in total. The molecule has 0 unspecified atom stereocenters. The van der Waals surface area contributed by atoms with Gasteiger partial charge in [0.15, 0.2) is 5.65 Å². The molecule has 9 heteroatoms. The van der Waals surface area contributed by atoms with Crippen molar-refractivity contribution in [2.75, 3.05) is 25.4 Å². The van der Waals surface area contributed by atoms with Crippen LogP contribution in [0.15, 0.2) is 42.7 Å². The van der Waals surface area contributed by atoms with Gasteiger partial charge in [-0.15, -0.1) is 5.10 Å². The molecule has 4 N–H and O–H groups in total. The van der Waals surface area contributed by atoms with E-state index >= 15 is 0 Å². The van der Waals surface area contributed by atoms with Crippen LogP contribution in [-0.2, 0) is 13.0 Å². The number of hydrogen-bond acceptors (Lipinski definition) is 7. The standard InChI is InChI=1S/C21H24N8O/c22-19-8-17(20-21(25-19)27-28-26-20)6-16-10-24-29(12-16)11-14-2-1-3-18(7-14)30-13-15-4-5-23-9-15/h1-3,7-8,10,12,15,23H,4-6,9,11,13H2,(H3,22,25,26,27,28)/t15-/m1/s1. The minimum Gasteiger partial charge on any atom is -0.493 e. The van der Waals surface area contributed by atoms with Gasteiger partial charge < -0.3 is 15.8 Å². The molecule has 0 aliphatic carbocycles. The second-order valence-electron chi connectivity index (χ2n) is 7.76. The van der Waals surface area contributed by atoms with E-state index in [-0.39, 0.29) is 0 Å². The first-order valence-corrected chi connectivity index (χ1v) is 10.1. The van der Waals surface area contributed by atoms with Crippen LogP contribution in [0.3, 0.4) is 0 Å². The normalized spacial score (nSPS) is 16.3. The van der Waals surface area contributed by atoms with Crippen molar-refractivity contribution in [2.45, 2.75) is 19.4 Å². The number of benzene rings is 1. The molecule has 0 saturated carbocycles. The summed E-state index contributed by atoms with van der Waals surface area (Å²) in [6.07, 6.45) is 5.75. The molecular formula is C21H24N8O. The lowest BCUT2D eigenvalue weighted by Gasteiger charge is -2.12. The van der Waals surface area contributed by atoms with Gasteiger partial charge in [0.2, 0.25) is 0 Å².